The van der Waals surface area contributed by atoms with E-state index in [1.807, 2.05) is 42.5 Å². The van der Waals surface area contributed by atoms with E-state index in [2.05, 4.69) is 6.08 Å². The van der Waals surface area contributed by atoms with Crippen LogP contribution < -0.4 is 0 Å². The fourth-order valence-electron chi connectivity index (χ4n) is 4.34. The van der Waals surface area contributed by atoms with Gasteiger partial charge in [0.25, 0.3) is 0 Å². The van der Waals surface area contributed by atoms with Crippen LogP contribution in [-0.4, -0.2) is 47.2 Å². The third-order valence-electron chi connectivity index (χ3n) is 6.26. The molecule has 0 atom stereocenters. The molecule has 1 aromatic carbocycles. The number of rotatable bonds is 4. The Morgan fingerprint density at radius 2 is 1.94 bits per heavy atom. The molecule has 0 unspecified atom stereocenters. The van der Waals surface area contributed by atoms with Crippen LogP contribution in [0.3, 0.4) is 0 Å². The second-order valence-electron chi connectivity index (χ2n) is 8.50. The third kappa shape index (κ3) is 4.60. The van der Waals surface area contributed by atoms with Crippen LogP contribution in [0.4, 0.5) is 9.59 Å². The number of carbonyl (C=O) groups excluding carboxylic acids is 2. The van der Waals surface area contributed by atoms with Gasteiger partial charge in [0.15, 0.2) is 12.0 Å². The summed E-state index contributed by atoms with van der Waals surface area (Å²) in [5.74, 6) is 0.913. The van der Waals surface area contributed by atoms with Crippen LogP contribution in [0.2, 0.25) is 0 Å². The SMILES string of the molecule is O=C(OCc1ccccc1)N1CCC2(CC1)CN(C1=COC=C(C3=CC=CCC3)O1)C(=O)O2. The van der Waals surface area contributed by atoms with Crippen molar-refractivity contribution in [2.45, 2.75) is 37.9 Å². The zero-order chi connectivity index (χ0) is 22.7. The number of hydrogen-bond donors (Lipinski definition) is 0. The Morgan fingerprint density at radius 1 is 1.12 bits per heavy atom. The van der Waals surface area contributed by atoms with Crippen LogP contribution in [0.25, 0.3) is 0 Å². The van der Waals surface area contributed by atoms with Crippen molar-refractivity contribution in [2.75, 3.05) is 19.6 Å². The first-order chi connectivity index (χ1) is 16.1. The minimum Gasteiger partial charge on any atom is -0.463 e. The molecule has 1 spiro atoms. The first-order valence-corrected chi connectivity index (χ1v) is 11.2. The first-order valence-electron chi connectivity index (χ1n) is 11.2. The van der Waals surface area contributed by atoms with E-state index in [1.54, 1.807) is 11.2 Å². The van der Waals surface area contributed by atoms with Gasteiger partial charge >= 0.3 is 12.2 Å². The maximum Gasteiger partial charge on any atom is 0.417 e. The molecule has 3 heterocycles. The Labute approximate surface area is 192 Å². The van der Waals surface area contributed by atoms with Crippen molar-refractivity contribution in [1.82, 2.24) is 9.80 Å². The lowest BCUT2D eigenvalue weighted by Crippen LogP contribution is -2.48. The van der Waals surface area contributed by atoms with Gasteiger partial charge in [-0.25, -0.2) is 14.5 Å². The maximum absolute atomic E-state index is 12.7. The molecule has 5 rings (SSSR count). The van der Waals surface area contributed by atoms with Gasteiger partial charge in [0.05, 0.1) is 6.54 Å². The van der Waals surface area contributed by atoms with Crippen LogP contribution in [-0.2, 0) is 25.6 Å². The number of allylic oxidation sites excluding steroid dienone is 4. The summed E-state index contributed by atoms with van der Waals surface area (Å²) in [6.45, 7) is 1.49. The zero-order valence-corrected chi connectivity index (χ0v) is 18.3. The van der Waals surface area contributed by atoms with Crippen molar-refractivity contribution in [3.8, 4) is 0 Å². The molecule has 3 aliphatic heterocycles. The van der Waals surface area contributed by atoms with Crippen molar-refractivity contribution in [2.24, 2.45) is 0 Å². The van der Waals surface area contributed by atoms with Crippen LogP contribution in [0, 0.1) is 0 Å². The number of carbonyl (C=O) groups is 2. The average Bonchev–Trinajstić information content (AvgIpc) is 3.19. The number of benzene rings is 1. The molecule has 0 aromatic heterocycles. The van der Waals surface area contributed by atoms with E-state index in [1.165, 1.54) is 11.2 Å². The van der Waals surface area contributed by atoms with Gasteiger partial charge in [-0.3, -0.25) is 0 Å². The topological polar surface area (TPSA) is 77.5 Å². The summed E-state index contributed by atoms with van der Waals surface area (Å²) in [5.41, 5.74) is 1.30. The van der Waals surface area contributed by atoms with Crippen molar-refractivity contribution in [1.29, 1.82) is 0 Å². The van der Waals surface area contributed by atoms with Gasteiger partial charge in [-0.1, -0.05) is 48.6 Å². The molecular formula is C25H26N2O6. The first kappa shape index (κ1) is 21.2. The van der Waals surface area contributed by atoms with Gasteiger partial charge in [-0.05, 0) is 24.0 Å². The number of amides is 2. The van der Waals surface area contributed by atoms with E-state index >= 15 is 0 Å². The normalized spacial score (nSPS) is 21.5. The molecule has 0 N–H and O–H groups in total. The maximum atomic E-state index is 12.7. The van der Waals surface area contributed by atoms with Crippen LogP contribution in [0.15, 0.2) is 78.3 Å². The predicted molar refractivity (Wildman–Crippen MR) is 118 cm³/mol. The summed E-state index contributed by atoms with van der Waals surface area (Å²) in [4.78, 5) is 28.3. The molecule has 172 valence electrons. The van der Waals surface area contributed by atoms with Crippen molar-refractivity contribution < 1.29 is 28.5 Å². The number of ether oxygens (including phenoxy) is 4. The largest absolute Gasteiger partial charge is 0.463 e. The summed E-state index contributed by atoms with van der Waals surface area (Å²) < 4.78 is 22.7. The molecule has 1 aromatic rings. The smallest absolute Gasteiger partial charge is 0.417 e. The minimum absolute atomic E-state index is 0.234. The summed E-state index contributed by atoms with van der Waals surface area (Å²) in [6, 6.07) is 9.57. The predicted octanol–water partition coefficient (Wildman–Crippen LogP) is 4.57. The lowest BCUT2D eigenvalue weighted by atomic mass is 9.91. The Bertz CT molecular complexity index is 1030. The van der Waals surface area contributed by atoms with Gasteiger partial charge < -0.3 is 23.8 Å². The van der Waals surface area contributed by atoms with Crippen LogP contribution in [0.1, 0.15) is 31.2 Å². The highest BCUT2D eigenvalue weighted by Crippen LogP contribution is 2.37. The standard InChI is InChI=1S/C25H26N2O6/c28-23(31-15-19-7-3-1-4-8-19)26-13-11-25(12-14-26)18-27(24(29)33-25)22-17-30-16-21(32-22)20-9-5-2-6-10-20/h1-5,7-9,16-17H,6,10-15,18H2. The third-order valence-corrected chi connectivity index (χ3v) is 6.26. The summed E-state index contributed by atoms with van der Waals surface area (Å²) in [5, 5.41) is 0. The Kier molecular flexibility index (Phi) is 5.81. The van der Waals surface area contributed by atoms with Crippen LogP contribution in [0.5, 0.6) is 0 Å². The molecule has 1 aliphatic carbocycles. The van der Waals surface area contributed by atoms with Gasteiger partial charge in [-0.15, -0.1) is 0 Å². The lowest BCUT2D eigenvalue weighted by Gasteiger charge is -2.36. The lowest BCUT2D eigenvalue weighted by molar-refractivity contribution is -0.00140. The molecule has 33 heavy (non-hydrogen) atoms. The van der Waals surface area contributed by atoms with E-state index < -0.39 is 11.7 Å². The van der Waals surface area contributed by atoms with Crippen molar-refractivity contribution >= 4 is 12.2 Å². The number of nitrogens with zero attached hydrogens (tertiary/aromatic N) is 2. The van der Waals surface area contributed by atoms with Gasteiger partial charge in [0.1, 0.15) is 18.5 Å². The molecule has 2 amide bonds. The molecular weight excluding hydrogens is 424 g/mol. The van der Waals surface area contributed by atoms with E-state index in [4.69, 9.17) is 18.9 Å². The van der Waals surface area contributed by atoms with Gasteiger partial charge in [-0.2, -0.15) is 0 Å². The fourth-order valence-corrected chi connectivity index (χ4v) is 4.34. The Balaban J connectivity index is 1.15. The summed E-state index contributed by atoms with van der Waals surface area (Å²) >= 11 is 0. The molecule has 0 saturated carbocycles. The van der Waals surface area contributed by atoms with E-state index in [-0.39, 0.29) is 12.7 Å². The monoisotopic (exact) mass is 450 g/mol. The quantitative estimate of drug-likeness (QED) is 0.669. The van der Waals surface area contributed by atoms with Gasteiger partial charge in [0.2, 0.25) is 5.88 Å². The number of piperidine rings is 1. The average molecular weight is 450 g/mol. The second-order valence-corrected chi connectivity index (χ2v) is 8.50. The van der Waals surface area contributed by atoms with E-state index in [9.17, 15) is 9.59 Å². The Hall–Kier alpha value is -3.68. The highest BCUT2D eigenvalue weighted by atomic mass is 16.6. The van der Waals surface area contributed by atoms with Crippen molar-refractivity contribution in [3.63, 3.8) is 0 Å². The number of likely N-dealkylation sites (tertiary alicyclic amines) is 1. The van der Waals surface area contributed by atoms with Crippen molar-refractivity contribution in [3.05, 3.63) is 83.9 Å². The zero-order valence-electron chi connectivity index (χ0n) is 18.3. The molecule has 0 bridgehead atoms. The van der Waals surface area contributed by atoms with E-state index in [0.717, 1.165) is 24.0 Å². The highest BCUT2D eigenvalue weighted by molar-refractivity contribution is 5.73. The summed E-state index contributed by atoms with van der Waals surface area (Å²) in [7, 11) is 0. The molecule has 0 radical (unpaired) electrons. The molecule has 4 aliphatic rings. The Morgan fingerprint density at radius 3 is 2.70 bits per heavy atom. The highest BCUT2D eigenvalue weighted by Gasteiger charge is 2.49. The molecule has 2 saturated heterocycles. The summed E-state index contributed by atoms with van der Waals surface area (Å²) in [6.07, 6.45) is 11.0. The molecule has 2 fully saturated rings. The molecule has 8 heteroatoms. The molecule has 8 nitrogen and oxygen atoms in total. The second kappa shape index (κ2) is 9.05. The van der Waals surface area contributed by atoms with Crippen LogP contribution >= 0.6 is 0 Å². The number of hydrogen-bond acceptors (Lipinski definition) is 6. The minimum atomic E-state index is -0.661. The fraction of sp³-hybridized carbons (Fsp3) is 0.360. The van der Waals surface area contributed by atoms with Gasteiger partial charge in [0, 0.05) is 25.9 Å². The van der Waals surface area contributed by atoms with E-state index in [0.29, 0.717) is 44.1 Å².